The highest BCUT2D eigenvalue weighted by atomic mass is 32.2. The summed E-state index contributed by atoms with van der Waals surface area (Å²) >= 11 is 2.72. The lowest BCUT2D eigenvalue weighted by Crippen LogP contribution is -2.19. The van der Waals surface area contributed by atoms with Crippen molar-refractivity contribution in [2.75, 3.05) is 10.6 Å². The number of rotatable bonds is 9. The van der Waals surface area contributed by atoms with E-state index in [-0.39, 0.29) is 11.6 Å². The molecule has 198 valence electrons. The number of carbonyl (C=O) groups is 2. The highest BCUT2D eigenvalue weighted by molar-refractivity contribution is 8.00. The van der Waals surface area contributed by atoms with Gasteiger partial charge in [0.25, 0.3) is 11.6 Å². The normalized spacial score (nSPS) is 11.4. The Kier molecular flexibility index (Phi) is 8.29. The van der Waals surface area contributed by atoms with Gasteiger partial charge in [0.05, 0.1) is 10.6 Å². The summed E-state index contributed by atoms with van der Waals surface area (Å²) in [5.74, 6) is -0.613. The number of amides is 2. The average Bonchev–Trinajstić information content (AvgIpc) is 3.45. The molecule has 0 aliphatic rings. The summed E-state index contributed by atoms with van der Waals surface area (Å²) in [4.78, 5) is 41.9. The zero-order valence-corrected chi connectivity index (χ0v) is 22.5. The molecule has 8 nitrogen and oxygen atoms in total. The number of nitrogens with one attached hydrogen (secondary N) is 2. The van der Waals surface area contributed by atoms with E-state index in [0.717, 1.165) is 21.7 Å². The molecule has 5 aromatic rings. The summed E-state index contributed by atoms with van der Waals surface area (Å²) in [5.41, 5.74) is 3.33. The Morgan fingerprint density at radius 2 is 1.55 bits per heavy atom. The number of nitrogens with zero attached hydrogens (tertiary/aromatic N) is 2. The molecule has 1 aromatic heterocycles. The van der Waals surface area contributed by atoms with Gasteiger partial charge in [0.2, 0.25) is 5.91 Å². The second-order valence-corrected chi connectivity index (χ2v) is 10.6. The predicted molar refractivity (Wildman–Crippen MR) is 159 cm³/mol. The van der Waals surface area contributed by atoms with Crippen LogP contribution in [0.3, 0.4) is 0 Å². The van der Waals surface area contributed by atoms with E-state index < -0.39 is 16.1 Å². The Morgan fingerprint density at radius 1 is 0.850 bits per heavy atom. The Balaban J connectivity index is 1.32. The molecular formula is C30H22N4O4S2. The first-order valence-corrected chi connectivity index (χ1v) is 13.9. The van der Waals surface area contributed by atoms with E-state index in [0.29, 0.717) is 16.4 Å². The molecule has 1 heterocycles. The van der Waals surface area contributed by atoms with Crippen LogP contribution in [-0.4, -0.2) is 21.7 Å². The Labute approximate surface area is 238 Å². The number of benzene rings is 4. The summed E-state index contributed by atoms with van der Waals surface area (Å²) in [5, 5.41) is 18.5. The lowest BCUT2D eigenvalue weighted by atomic mass is 10.1. The Hall–Kier alpha value is -4.80. The Morgan fingerprint density at radius 3 is 2.25 bits per heavy atom. The molecule has 0 bridgehead atoms. The second-order valence-electron chi connectivity index (χ2n) is 8.59. The molecule has 2 amide bonds. The zero-order valence-electron chi connectivity index (χ0n) is 20.9. The standard InChI is InChI=1S/C30H22N4O4S2/c35-28(22-14-16-24(17-15-22)34(37)38)31-23-12-7-13-25(18-23)40-27(21-10-5-2-6-11-21)29(36)33-30-32-26(19-39-30)20-8-3-1-4-9-20/h1-19,27H,(H,31,35)(H,32,33,36). The molecule has 5 rings (SSSR count). The fourth-order valence-corrected chi connectivity index (χ4v) is 5.67. The molecule has 0 saturated carbocycles. The molecule has 40 heavy (non-hydrogen) atoms. The number of anilines is 2. The van der Waals surface area contributed by atoms with Crippen molar-refractivity contribution in [3.63, 3.8) is 0 Å². The van der Waals surface area contributed by atoms with Crippen LogP contribution in [0.1, 0.15) is 21.2 Å². The largest absolute Gasteiger partial charge is 0.322 e. The SMILES string of the molecule is O=C(Nc1cccc(SC(C(=O)Nc2nc(-c3ccccc3)cs2)c2ccccc2)c1)c1ccc([N+](=O)[O-])cc1. The van der Waals surface area contributed by atoms with E-state index >= 15 is 0 Å². The van der Waals surface area contributed by atoms with Crippen molar-refractivity contribution < 1.29 is 14.5 Å². The van der Waals surface area contributed by atoms with Crippen molar-refractivity contribution >= 4 is 51.4 Å². The van der Waals surface area contributed by atoms with Crippen molar-refractivity contribution in [1.82, 2.24) is 4.98 Å². The number of thioether (sulfide) groups is 1. The van der Waals surface area contributed by atoms with Crippen LogP contribution in [0, 0.1) is 10.1 Å². The second kappa shape index (κ2) is 12.4. The van der Waals surface area contributed by atoms with Crippen LogP contribution in [0.15, 0.2) is 119 Å². The summed E-state index contributed by atoms with van der Waals surface area (Å²) in [7, 11) is 0. The fraction of sp³-hybridized carbons (Fsp3) is 0.0333. The van der Waals surface area contributed by atoms with Gasteiger partial charge >= 0.3 is 0 Å². The maximum Gasteiger partial charge on any atom is 0.269 e. The van der Waals surface area contributed by atoms with E-state index in [1.54, 1.807) is 18.2 Å². The third kappa shape index (κ3) is 6.60. The van der Waals surface area contributed by atoms with E-state index in [1.807, 2.05) is 72.1 Å². The van der Waals surface area contributed by atoms with Crippen molar-refractivity contribution in [3.05, 3.63) is 136 Å². The molecule has 0 spiro atoms. The molecule has 1 unspecified atom stereocenters. The average molecular weight is 567 g/mol. The fourth-order valence-electron chi connectivity index (χ4n) is 3.87. The summed E-state index contributed by atoms with van der Waals surface area (Å²) in [6, 6.07) is 31.8. The van der Waals surface area contributed by atoms with Gasteiger partial charge in [-0.15, -0.1) is 23.1 Å². The molecule has 0 fully saturated rings. The molecule has 2 N–H and O–H groups in total. The van der Waals surface area contributed by atoms with Crippen LogP contribution in [-0.2, 0) is 4.79 Å². The molecule has 10 heteroatoms. The monoisotopic (exact) mass is 566 g/mol. The maximum absolute atomic E-state index is 13.5. The zero-order chi connectivity index (χ0) is 27.9. The van der Waals surface area contributed by atoms with E-state index in [1.165, 1.54) is 47.4 Å². The number of nitro groups is 1. The van der Waals surface area contributed by atoms with E-state index in [2.05, 4.69) is 15.6 Å². The molecule has 0 saturated heterocycles. The van der Waals surface area contributed by atoms with Gasteiger partial charge < -0.3 is 10.6 Å². The molecule has 1 atom stereocenters. The maximum atomic E-state index is 13.5. The van der Waals surface area contributed by atoms with Gasteiger partial charge in [-0.05, 0) is 35.9 Å². The minimum atomic E-state index is -0.578. The van der Waals surface area contributed by atoms with Gasteiger partial charge in [0, 0.05) is 39.2 Å². The Bertz CT molecular complexity index is 1640. The van der Waals surface area contributed by atoms with Gasteiger partial charge in [-0.25, -0.2) is 4.98 Å². The number of non-ortho nitro benzene ring substituents is 1. The van der Waals surface area contributed by atoms with Crippen LogP contribution in [0.5, 0.6) is 0 Å². The van der Waals surface area contributed by atoms with Gasteiger partial charge in [0.1, 0.15) is 5.25 Å². The first-order valence-electron chi connectivity index (χ1n) is 12.2. The van der Waals surface area contributed by atoms with Gasteiger partial charge in [-0.2, -0.15) is 0 Å². The summed E-state index contributed by atoms with van der Waals surface area (Å²) in [6.45, 7) is 0. The molecule has 0 aliphatic heterocycles. The molecule has 4 aromatic carbocycles. The lowest BCUT2D eigenvalue weighted by molar-refractivity contribution is -0.384. The van der Waals surface area contributed by atoms with Crippen LogP contribution in [0.25, 0.3) is 11.3 Å². The van der Waals surface area contributed by atoms with Crippen molar-refractivity contribution in [1.29, 1.82) is 0 Å². The highest BCUT2D eigenvalue weighted by Crippen LogP contribution is 2.37. The quantitative estimate of drug-likeness (QED) is 0.109. The van der Waals surface area contributed by atoms with Crippen LogP contribution >= 0.6 is 23.1 Å². The van der Waals surface area contributed by atoms with E-state index in [4.69, 9.17) is 0 Å². The van der Waals surface area contributed by atoms with Crippen molar-refractivity contribution in [2.24, 2.45) is 0 Å². The van der Waals surface area contributed by atoms with Gasteiger partial charge in [-0.3, -0.25) is 19.7 Å². The van der Waals surface area contributed by atoms with Gasteiger partial charge in [-0.1, -0.05) is 66.7 Å². The van der Waals surface area contributed by atoms with Crippen LogP contribution in [0.4, 0.5) is 16.5 Å². The topological polar surface area (TPSA) is 114 Å². The highest BCUT2D eigenvalue weighted by Gasteiger charge is 2.23. The summed E-state index contributed by atoms with van der Waals surface area (Å²) in [6.07, 6.45) is 0. The smallest absolute Gasteiger partial charge is 0.269 e. The first-order chi connectivity index (χ1) is 19.5. The van der Waals surface area contributed by atoms with Crippen molar-refractivity contribution in [3.8, 4) is 11.3 Å². The summed E-state index contributed by atoms with van der Waals surface area (Å²) < 4.78 is 0. The number of aromatic nitrogens is 1. The van der Waals surface area contributed by atoms with Crippen LogP contribution < -0.4 is 10.6 Å². The van der Waals surface area contributed by atoms with E-state index in [9.17, 15) is 19.7 Å². The predicted octanol–water partition coefficient (Wildman–Crippen LogP) is 7.44. The number of hydrogen-bond acceptors (Lipinski definition) is 7. The van der Waals surface area contributed by atoms with Gasteiger partial charge in [0.15, 0.2) is 5.13 Å². The number of hydrogen-bond donors (Lipinski definition) is 2. The third-order valence-corrected chi connectivity index (χ3v) is 7.84. The minimum absolute atomic E-state index is 0.0887. The number of nitro benzene ring substituents is 1. The number of carbonyl (C=O) groups excluding carboxylic acids is 2. The molecule has 0 aliphatic carbocycles. The van der Waals surface area contributed by atoms with Crippen LogP contribution in [0.2, 0.25) is 0 Å². The minimum Gasteiger partial charge on any atom is -0.322 e. The van der Waals surface area contributed by atoms with Crippen molar-refractivity contribution in [2.45, 2.75) is 10.1 Å². The molecule has 0 radical (unpaired) electrons. The third-order valence-electron chi connectivity index (χ3n) is 5.83. The number of thiazole rings is 1. The molecular weight excluding hydrogens is 544 g/mol. The lowest BCUT2D eigenvalue weighted by Gasteiger charge is -2.17. The first kappa shape index (κ1) is 26.8.